The summed E-state index contributed by atoms with van der Waals surface area (Å²) in [7, 11) is 3.30. The number of pyridine rings is 1. The lowest BCUT2D eigenvalue weighted by Crippen LogP contribution is -2.34. The second kappa shape index (κ2) is 8.48. The maximum Gasteiger partial charge on any atom is 0.408 e. The summed E-state index contributed by atoms with van der Waals surface area (Å²) in [6.45, 7) is 9.19. The molecule has 1 atom stereocenters. The van der Waals surface area contributed by atoms with E-state index in [1.807, 2.05) is 70.5 Å². The van der Waals surface area contributed by atoms with Crippen LogP contribution < -0.4 is 5.32 Å². The average molecular weight is 464 g/mol. The van der Waals surface area contributed by atoms with Gasteiger partial charge in [-0.3, -0.25) is 0 Å². The van der Waals surface area contributed by atoms with Crippen molar-refractivity contribution < 1.29 is 19.1 Å². The summed E-state index contributed by atoms with van der Waals surface area (Å²) < 4.78 is 12.2. The van der Waals surface area contributed by atoms with Gasteiger partial charge in [0.25, 0.3) is 0 Å². The van der Waals surface area contributed by atoms with Gasteiger partial charge in [-0.25, -0.2) is 19.6 Å². The van der Waals surface area contributed by atoms with E-state index in [9.17, 15) is 9.59 Å². The number of rotatable bonds is 4. The van der Waals surface area contributed by atoms with Crippen LogP contribution in [-0.4, -0.2) is 44.3 Å². The highest BCUT2D eigenvalue weighted by Gasteiger charge is 2.20. The molecule has 0 fully saturated rings. The molecule has 0 aliphatic rings. The van der Waals surface area contributed by atoms with Crippen molar-refractivity contribution in [3.05, 3.63) is 47.2 Å². The highest BCUT2D eigenvalue weighted by Crippen LogP contribution is 2.28. The molecular weight excluding hydrogens is 434 g/mol. The zero-order valence-electron chi connectivity index (χ0n) is 20.4. The number of aromatic nitrogens is 4. The molecule has 9 heteroatoms. The number of H-pyrrole nitrogens is 1. The number of aromatic amines is 1. The molecule has 34 heavy (non-hydrogen) atoms. The summed E-state index contributed by atoms with van der Waals surface area (Å²) >= 11 is 0. The first-order valence-electron chi connectivity index (χ1n) is 11.0. The van der Waals surface area contributed by atoms with Crippen molar-refractivity contribution >= 4 is 34.1 Å². The number of carbonyl (C=O) groups excluding carboxylic acids is 2. The number of amides is 1. The molecule has 0 unspecified atom stereocenters. The Bertz CT molecular complexity index is 1410. The lowest BCUT2D eigenvalue weighted by Gasteiger charge is -2.21. The van der Waals surface area contributed by atoms with Gasteiger partial charge in [-0.2, -0.15) is 0 Å². The van der Waals surface area contributed by atoms with Gasteiger partial charge >= 0.3 is 12.1 Å². The molecule has 2 N–H and O–H groups in total. The van der Waals surface area contributed by atoms with E-state index in [0.29, 0.717) is 22.4 Å². The number of esters is 1. The zero-order valence-corrected chi connectivity index (χ0v) is 20.4. The van der Waals surface area contributed by atoms with Gasteiger partial charge in [0.1, 0.15) is 11.2 Å². The molecule has 3 aromatic heterocycles. The lowest BCUT2D eigenvalue weighted by atomic mass is 10.1. The molecule has 0 saturated carbocycles. The number of methoxy groups -OCH3 is 1. The summed E-state index contributed by atoms with van der Waals surface area (Å²) in [6.07, 6.45) is -0.490. The quantitative estimate of drug-likeness (QED) is 0.421. The number of nitrogens with one attached hydrogen (secondary N) is 2. The van der Waals surface area contributed by atoms with Gasteiger partial charge < -0.3 is 24.3 Å². The van der Waals surface area contributed by atoms with Gasteiger partial charge in [-0.1, -0.05) is 0 Å². The Morgan fingerprint density at radius 2 is 1.88 bits per heavy atom. The number of hydrogen-bond acceptors (Lipinski definition) is 6. The predicted molar refractivity (Wildman–Crippen MR) is 130 cm³/mol. The molecule has 0 radical (unpaired) electrons. The molecule has 0 aliphatic carbocycles. The third kappa shape index (κ3) is 4.46. The average Bonchev–Trinajstić information content (AvgIpc) is 3.31. The minimum Gasteiger partial charge on any atom is -0.465 e. The second-order valence-electron chi connectivity index (χ2n) is 9.37. The summed E-state index contributed by atoms with van der Waals surface area (Å²) in [6, 6.07) is 9.16. The topological polar surface area (TPSA) is 111 Å². The molecule has 0 aliphatic heterocycles. The molecule has 4 rings (SSSR count). The van der Waals surface area contributed by atoms with E-state index in [0.717, 1.165) is 28.0 Å². The Morgan fingerprint density at radius 1 is 1.15 bits per heavy atom. The molecule has 0 saturated heterocycles. The lowest BCUT2D eigenvalue weighted by molar-refractivity contribution is 0.0506. The summed E-state index contributed by atoms with van der Waals surface area (Å²) in [5.41, 5.74) is 4.53. The van der Waals surface area contributed by atoms with Crippen LogP contribution in [0, 0.1) is 6.92 Å². The monoisotopic (exact) mass is 463 g/mol. The van der Waals surface area contributed by atoms with E-state index in [1.54, 1.807) is 6.07 Å². The van der Waals surface area contributed by atoms with Crippen LogP contribution in [0.5, 0.6) is 0 Å². The van der Waals surface area contributed by atoms with Crippen LogP contribution in [0.2, 0.25) is 0 Å². The number of hydrogen-bond donors (Lipinski definition) is 2. The van der Waals surface area contributed by atoms with Crippen molar-refractivity contribution in [2.75, 3.05) is 7.11 Å². The molecule has 3 heterocycles. The number of imidazole rings is 1. The van der Waals surface area contributed by atoms with Crippen LogP contribution in [0.3, 0.4) is 0 Å². The first-order valence-corrected chi connectivity index (χ1v) is 11.0. The molecule has 4 aromatic rings. The zero-order chi connectivity index (χ0) is 24.8. The SMILES string of the molecule is COC(=O)c1cc2nc(-c3cc4ccc([C@@H](C)NC(=O)OC(C)(C)C)nc4[nH]3)n(C)c2cc1C. The third-order valence-corrected chi connectivity index (χ3v) is 5.55. The summed E-state index contributed by atoms with van der Waals surface area (Å²) in [5.74, 6) is 0.332. The van der Waals surface area contributed by atoms with E-state index >= 15 is 0 Å². The Kier molecular flexibility index (Phi) is 5.80. The number of carbonyl (C=O) groups is 2. The smallest absolute Gasteiger partial charge is 0.408 e. The molecule has 1 aromatic carbocycles. The predicted octanol–water partition coefficient (Wildman–Crippen LogP) is 4.80. The fraction of sp³-hybridized carbons (Fsp3) is 0.360. The van der Waals surface area contributed by atoms with Gasteiger partial charge in [0, 0.05) is 12.4 Å². The van der Waals surface area contributed by atoms with Crippen LogP contribution in [0.15, 0.2) is 30.3 Å². The standard InChI is InChI=1S/C25H29N5O4/c1-13-10-20-18(12-16(13)23(31)33-7)29-22(30(20)6)19-11-15-8-9-17(27-21(15)28-19)14(2)26-24(32)34-25(3,4)5/h8-12,14H,1-7H3,(H,26,32)(H,27,28)/t14-/m1/s1. The normalized spacial score (nSPS) is 12.7. The number of nitrogens with zero attached hydrogens (tertiary/aromatic N) is 3. The van der Waals surface area contributed by atoms with Crippen LogP contribution >= 0.6 is 0 Å². The molecule has 178 valence electrons. The van der Waals surface area contributed by atoms with E-state index in [-0.39, 0.29) is 12.0 Å². The van der Waals surface area contributed by atoms with Crippen molar-refractivity contribution in [3.8, 4) is 11.5 Å². The number of aryl methyl sites for hydroxylation is 2. The van der Waals surface area contributed by atoms with Gasteiger partial charge in [0.15, 0.2) is 5.82 Å². The van der Waals surface area contributed by atoms with Crippen molar-refractivity contribution in [2.24, 2.45) is 7.05 Å². The van der Waals surface area contributed by atoms with E-state index in [1.165, 1.54) is 7.11 Å². The fourth-order valence-corrected chi connectivity index (χ4v) is 3.85. The van der Waals surface area contributed by atoms with Gasteiger partial charge in [0.05, 0.1) is 41.1 Å². The first-order chi connectivity index (χ1) is 16.0. The number of ether oxygens (including phenoxy) is 2. The molecule has 0 spiro atoms. The van der Waals surface area contributed by atoms with E-state index < -0.39 is 11.7 Å². The van der Waals surface area contributed by atoms with Crippen molar-refractivity contribution in [1.29, 1.82) is 0 Å². The second-order valence-corrected chi connectivity index (χ2v) is 9.37. The Labute approximate surface area is 197 Å². The fourth-order valence-electron chi connectivity index (χ4n) is 3.85. The molecule has 9 nitrogen and oxygen atoms in total. The van der Waals surface area contributed by atoms with Gasteiger partial charge in [-0.05, 0) is 70.5 Å². The van der Waals surface area contributed by atoms with Crippen molar-refractivity contribution in [1.82, 2.24) is 24.8 Å². The van der Waals surface area contributed by atoms with Crippen LogP contribution in [0.25, 0.3) is 33.6 Å². The highest BCUT2D eigenvalue weighted by atomic mass is 16.6. The van der Waals surface area contributed by atoms with E-state index in [2.05, 4.69) is 10.3 Å². The number of alkyl carbamates (subject to hydrolysis) is 1. The van der Waals surface area contributed by atoms with Crippen molar-refractivity contribution in [3.63, 3.8) is 0 Å². The minimum absolute atomic E-state index is 0.332. The number of fused-ring (bicyclic) bond motifs is 2. The van der Waals surface area contributed by atoms with E-state index in [4.69, 9.17) is 19.4 Å². The van der Waals surface area contributed by atoms with Crippen molar-refractivity contribution in [2.45, 2.75) is 46.3 Å². The Morgan fingerprint density at radius 3 is 2.56 bits per heavy atom. The third-order valence-electron chi connectivity index (χ3n) is 5.55. The van der Waals surface area contributed by atoms with Gasteiger partial charge in [0.2, 0.25) is 0 Å². The Hall–Kier alpha value is -3.88. The summed E-state index contributed by atoms with van der Waals surface area (Å²) in [5, 5.41) is 3.73. The molecule has 1 amide bonds. The van der Waals surface area contributed by atoms with Crippen LogP contribution in [0.1, 0.15) is 55.4 Å². The van der Waals surface area contributed by atoms with Crippen LogP contribution in [0.4, 0.5) is 4.79 Å². The largest absolute Gasteiger partial charge is 0.465 e. The summed E-state index contributed by atoms with van der Waals surface area (Å²) in [4.78, 5) is 37.0. The highest BCUT2D eigenvalue weighted by molar-refractivity contribution is 5.96. The first kappa shape index (κ1) is 23.3. The minimum atomic E-state index is -0.572. The van der Waals surface area contributed by atoms with Crippen LogP contribution in [-0.2, 0) is 16.5 Å². The maximum atomic E-state index is 12.1. The van der Waals surface area contributed by atoms with Gasteiger partial charge in [-0.15, -0.1) is 0 Å². The molecule has 0 bridgehead atoms. The maximum absolute atomic E-state index is 12.1. The molecular formula is C25H29N5O4. The Balaban J connectivity index is 1.66. The number of benzene rings is 1.